The van der Waals surface area contributed by atoms with Crippen molar-refractivity contribution < 1.29 is 9.53 Å². The van der Waals surface area contributed by atoms with Crippen LogP contribution in [-0.4, -0.2) is 37.1 Å². The maximum Gasteiger partial charge on any atom is 0.323 e. The molecule has 0 unspecified atom stereocenters. The van der Waals surface area contributed by atoms with E-state index in [2.05, 4.69) is 18.7 Å². The van der Waals surface area contributed by atoms with E-state index in [1.165, 1.54) is 7.11 Å². The van der Waals surface area contributed by atoms with E-state index < -0.39 is 0 Å². The summed E-state index contributed by atoms with van der Waals surface area (Å²) >= 11 is 0. The summed E-state index contributed by atoms with van der Waals surface area (Å²) in [6.07, 6.45) is 3.25. The molecule has 1 aliphatic rings. The molecular formula is C11H21NO2. The van der Waals surface area contributed by atoms with Crippen LogP contribution >= 0.6 is 0 Å². The smallest absolute Gasteiger partial charge is 0.323 e. The summed E-state index contributed by atoms with van der Waals surface area (Å²) in [6.45, 7) is 6.50. The molecule has 0 bridgehead atoms. The largest absolute Gasteiger partial charge is 0.468 e. The normalized spacial score (nSPS) is 23.0. The summed E-state index contributed by atoms with van der Waals surface area (Å²) < 4.78 is 4.79. The van der Waals surface area contributed by atoms with Crippen molar-refractivity contribution in [3.05, 3.63) is 0 Å². The van der Waals surface area contributed by atoms with Gasteiger partial charge in [0.25, 0.3) is 0 Å². The van der Waals surface area contributed by atoms with Gasteiger partial charge >= 0.3 is 5.97 Å². The Morgan fingerprint density at radius 1 is 1.57 bits per heavy atom. The topological polar surface area (TPSA) is 29.5 Å². The summed E-state index contributed by atoms with van der Waals surface area (Å²) in [5, 5.41) is 0. The number of methoxy groups -OCH3 is 1. The van der Waals surface area contributed by atoms with Crippen molar-refractivity contribution in [2.45, 2.75) is 39.2 Å². The predicted molar refractivity (Wildman–Crippen MR) is 56.1 cm³/mol. The van der Waals surface area contributed by atoms with E-state index in [4.69, 9.17) is 4.74 Å². The van der Waals surface area contributed by atoms with Gasteiger partial charge in [-0.3, -0.25) is 9.69 Å². The number of ether oxygens (including phenoxy) is 1. The van der Waals surface area contributed by atoms with Crippen molar-refractivity contribution in [1.29, 1.82) is 0 Å². The molecule has 3 nitrogen and oxygen atoms in total. The van der Waals surface area contributed by atoms with Crippen LogP contribution in [0.1, 0.15) is 33.1 Å². The lowest BCUT2D eigenvalue weighted by molar-refractivity contribution is -0.145. The van der Waals surface area contributed by atoms with Crippen LogP contribution < -0.4 is 0 Å². The van der Waals surface area contributed by atoms with Gasteiger partial charge in [0, 0.05) is 0 Å². The molecule has 3 heteroatoms. The van der Waals surface area contributed by atoms with Gasteiger partial charge in [-0.05, 0) is 38.3 Å². The van der Waals surface area contributed by atoms with Crippen LogP contribution in [0, 0.1) is 5.92 Å². The van der Waals surface area contributed by atoms with Crippen LogP contribution in [-0.2, 0) is 9.53 Å². The number of hydrogen-bond donors (Lipinski definition) is 0. The van der Waals surface area contributed by atoms with Crippen molar-refractivity contribution in [2.24, 2.45) is 5.92 Å². The number of carbonyl (C=O) groups is 1. The molecule has 0 aromatic rings. The Kier molecular flexibility index (Phi) is 4.39. The Bertz CT molecular complexity index is 192. The van der Waals surface area contributed by atoms with Crippen molar-refractivity contribution >= 4 is 5.97 Å². The Morgan fingerprint density at radius 3 is 2.86 bits per heavy atom. The standard InChI is InChI=1S/C11H21NO2/c1-9(2)6-8-12-7-4-5-10(12)11(13)14-3/h9-10H,4-8H2,1-3H3/t10-/m0/s1. The Morgan fingerprint density at radius 2 is 2.29 bits per heavy atom. The number of rotatable bonds is 4. The highest BCUT2D eigenvalue weighted by Gasteiger charge is 2.30. The van der Waals surface area contributed by atoms with Gasteiger partial charge < -0.3 is 4.74 Å². The van der Waals surface area contributed by atoms with E-state index in [1.807, 2.05) is 0 Å². The lowest BCUT2D eigenvalue weighted by Gasteiger charge is -2.22. The van der Waals surface area contributed by atoms with Crippen LogP contribution in [0.3, 0.4) is 0 Å². The molecule has 1 rings (SSSR count). The van der Waals surface area contributed by atoms with Crippen LogP contribution in [0.5, 0.6) is 0 Å². The van der Waals surface area contributed by atoms with Gasteiger partial charge in [0.05, 0.1) is 7.11 Å². The number of esters is 1. The number of hydrogen-bond acceptors (Lipinski definition) is 3. The third-order valence-corrected chi connectivity index (χ3v) is 2.83. The molecule has 0 radical (unpaired) electrons. The third kappa shape index (κ3) is 2.98. The molecule has 1 saturated heterocycles. The zero-order chi connectivity index (χ0) is 10.6. The summed E-state index contributed by atoms with van der Waals surface area (Å²) in [4.78, 5) is 13.7. The fourth-order valence-corrected chi connectivity index (χ4v) is 1.92. The summed E-state index contributed by atoms with van der Waals surface area (Å²) in [6, 6.07) is 0.0266. The van der Waals surface area contributed by atoms with E-state index in [0.717, 1.165) is 32.4 Å². The second-order valence-electron chi connectivity index (χ2n) is 4.40. The molecule has 1 fully saturated rings. The second kappa shape index (κ2) is 5.35. The van der Waals surface area contributed by atoms with Gasteiger partial charge in [-0.1, -0.05) is 13.8 Å². The summed E-state index contributed by atoms with van der Waals surface area (Å²) in [7, 11) is 1.47. The van der Waals surface area contributed by atoms with Crippen LogP contribution in [0.25, 0.3) is 0 Å². The molecule has 14 heavy (non-hydrogen) atoms. The number of likely N-dealkylation sites (tertiary alicyclic amines) is 1. The van der Waals surface area contributed by atoms with Crippen LogP contribution in [0.2, 0.25) is 0 Å². The van der Waals surface area contributed by atoms with Crippen molar-refractivity contribution in [3.63, 3.8) is 0 Å². The summed E-state index contributed by atoms with van der Waals surface area (Å²) in [5.41, 5.74) is 0. The zero-order valence-electron chi connectivity index (χ0n) is 9.45. The van der Waals surface area contributed by atoms with Gasteiger partial charge in [0.15, 0.2) is 0 Å². The van der Waals surface area contributed by atoms with E-state index in [1.54, 1.807) is 0 Å². The molecule has 1 heterocycles. The third-order valence-electron chi connectivity index (χ3n) is 2.83. The fraction of sp³-hybridized carbons (Fsp3) is 0.909. The first-order valence-corrected chi connectivity index (χ1v) is 5.47. The molecule has 82 valence electrons. The minimum absolute atomic E-state index is 0.0266. The van der Waals surface area contributed by atoms with Crippen LogP contribution in [0.4, 0.5) is 0 Å². The molecule has 0 aliphatic carbocycles. The lowest BCUT2D eigenvalue weighted by Crippen LogP contribution is -2.37. The average molecular weight is 199 g/mol. The van der Waals surface area contributed by atoms with Crippen molar-refractivity contribution in [1.82, 2.24) is 4.90 Å². The molecular weight excluding hydrogens is 178 g/mol. The SMILES string of the molecule is COC(=O)[C@@H]1CCCN1CCC(C)C. The van der Waals surface area contributed by atoms with Gasteiger partial charge in [-0.25, -0.2) is 0 Å². The first-order chi connectivity index (χ1) is 6.65. The maximum atomic E-state index is 11.4. The molecule has 0 saturated carbocycles. The van der Waals surface area contributed by atoms with Crippen molar-refractivity contribution in [2.75, 3.05) is 20.2 Å². The highest BCUT2D eigenvalue weighted by molar-refractivity contribution is 5.75. The highest BCUT2D eigenvalue weighted by atomic mass is 16.5. The number of nitrogens with zero attached hydrogens (tertiary/aromatic N) is 1. The molecule has 0 aromatic heterocycles. The van der Waals surface area contributed by atoms with E-state index >= 15 is 0 Å². The van der Waals surface area contributed by atoms with Gasteiger partial charge in [0.2, 0.25) is 0 Å². The molecule has 0 N–H and O–H groups in total. The molecule has 1 atom stereocenters. The minimum atomic E-state index is -0.0637. The monoisotopic (exact) mass is 199 g/mol. The first kappa shape index (κ1) is 11.5. The Hall–Kier alpha value is -0.570. The highest BCUT2D eigenvalue weighted by Crippen LogP contribution is 2.19. The average Bonchev–Trinajstić information content (AvgIpc) is 2.61. The lowest BCUT2D eigenvalue weighted by atomic mass is 10.1. The maximum absolute atomic E-state index is 11.4. The Balaban J connectivity index is 2.39. The van der Waals surface area contributed by atoms with Gasteiger partial charge in [0.1, 0.15) is 6.04 Å². The van der Waals surface area contributed by atoms with E-state index in [9.17, 15) is 4.79 Å². The summed E-state index contributed by atoms with van der Waals surface area (Å²) in [5.74, 6) is 0.639. The van der Waals surface area contributed by atoms with Crippen LogP contribution in [0.15, 0.2) is 0 Å². The van der Waals surface area contributed by atoms with E-state index in [-0.39, 0.29) is 12.0 Å². The van der Waals surface area contributed by atoms with Crippen molar-refractivity contribution in [3.8, 4) is 0 Å². The number of carbonyl (C=O) groups excluding carboxylic acids is 1. The predicted octanol–water partition coefficient (Wildman–Crippen LogP) is 1.67. The minimum Gasteiger partial charge on any atom is -0.468 e. The second-order valence-corrected chi connectivity index (χ2v) is 4.40. The van der Waals surface area contributed by atoms with Gasteiger partial charge in [-0.2, -0.15) is 0 Å². The molecule has 1 aliphatic heterocycles. The fourth-order valence-electron chi connectivity index (χ4n) is 1.92. The Labute approximate surface area is 86.4 Å². The van der Waals surface area contributed by atoms with Gasteiger partial charge in [-0.15, -0.1) is 0 Å². The molecule has 0 spiro atoms. The quantitative estimate of drug-likeness (QED) is 0.645. The first-order valence-electron chi connectivity index (χ1n) is 5.47. The molecule has 0 amide bonds. The van der Waals surface area contributed by atoms with E-state index in [0.29, 0.717) is 5.92 Å². The molecule has 0 aromatic carbocycles. The zero-order valence-corrected chi connectivity index (χ0v) is 9.45.